The average Bonchev–Trinajstić information content (AvgIpc) is 2.96. The van der Waals surface area contributed by atoms with Gasteiger partial charge in [0.25, 0.3) is 0 Å². The molecular formula is C19H26N2O2. The molecule has 0 radical (unpaired) electrons. The van der Waals surface area contributed by atoms with Crippen LogP contribution in [0.3, 0.4) is 0 Å². The summed E-state index contributed by atoms with van der Waals surface area (Å²) in [4.78, 5) is 29.1. The highest BCUT2D eigenvalue weighted by Crippen LogP contribution is 2.30. The molecule has 0 aromatic heterocycles. The van der Waals surface area contributed by atoms with Crippen molar-refractivity contribution in [1.29, 1.82) is 0 Å². The SMILES string of the molecule is CCc1ccccc1N1CC(C(=O)N2CCCCC2C)CC1=O. The molecule has 1 aromatic carbocycles. The third-order valence-corrected chi connectivity index (χ3v) is 5.22. The largest absolute Gasteiger partial charge is 0.340 e. The molecule has 2 unspecified atom stereocenters. The molecule has 1 aromatic rings. The van der Waals surface area contributed by atoms with Crippen molar-refractivity contribution in [3.63, 3.8) is 0 Å². The van der Waals surface area contributed by atoms with E-state index in [0.717, 1.165) is 31.5 Å². The molecule has 0 saturated carbocycles. The van der Waals surface area contributed by atoms with E-state index in [2.05, 4.69) is 19.9 Å². The Kier molecular flexibility index (Phi) is 4.69. The van der Waals surface area contributed by atoms with Crippen LogP contribution in [0.5, 0.6) is 0 Å². The Bertz CT molecular complexity index is 599. The number of benzene rings is 1. The number of aryl methyl sites for hydroxylation is 1. The number of rotatable bonds is 3. The zero-order chi connectivity index (χ0) is 16.4. The van der Waals surface area contributed by atoms with Crippen molar-refractivity contribution in [2.45, 2.75) is 52.0 Å². The van der Waals surface area contributed by atoms with Crippen molar-refractivity contribution < 1.29 is 9.59 Å². The van der Waals surface area contributed by atoms with Crippen LogP contribution in [-0.4, -0.2) is 35.8 Å². The number of amides is 2. The lowest BCUT2D eigenvalue weighted by Crippen LogP contribution is -2.45. The normalized spacial score (nSPS) is 25.0. The quantitative estimate of drug-likeness (QED) is 0.860. The van der Waals surface area contributed by atoms with Gasteiger partial charge < -0.3 is 9.80 Å². The number of likely N-dealkylation sites (tertiary alicyclic amines) is 1. The van der Waals surface area contributed by atoms with Crippen LogP contribution in [0.2, 0.25) is 0 Å². The van der Waals surface area contributed by atoms with Crippen LogP contribution in [0.1, 0.15) is 45.1 Å². The minimum atomic E-state index is -0.187. The van der Waals surface area contributed by atoms with Gasteiger partial charge in [0.15, 0.2) is 0 Å². The Morgan fingerprint density at radius 2 is 2.04 bits per heavy atom. The smallest absolute Gasteiger partial charge is 0.228 e. The van der Waals surface area contributed by atoms with Gasteiger partial charge in [0, 0.05) is 31.2 Å². The lowest BCUT2D eigenvalue weighted by molar-refractivity contribution is -0.139. The van der Waals surface area contributed by atoms with Crippen LogP contribution < -0.4 is 4.90 Å². The summed E-state index contributed by atoms with van der Waals surface area (Å²) in [6.45, 7) is 5.59. The Morgan fingerprint density at radius 1 is 1.26 bits per heavy atom. The van der Waals surface area contributed by atoms with Gasteiger partial charge in [0.1, 0.15) is 0 Å². The number of piperidine rings is 1. The second-order valence-electron chi connectivity index (χ2n) is 6.76. The fraction of sp³-hybridized carbons (Fsp3) is 0.579. The van der Waals surface area contributed by atoms with Crippen molar-refractivity contribution in [2.24, 2.45) is 5.92 Å². The number of nitrogens with zero attached hydrogens (tertiary/aromatic N) is 2. The van der Waals surface area contributed by atoms with E-state index in [0.29, 0.717) is 19.0 Å². The van der Waals surface area contributed by atoms with E-state index >= 15 is 0 Å². The van der Waals surface area contributed by atoms with Crippen LogP contribution >= 0.6 is 0 Å². The van der Waals surface area contributed by atoms with Crippen molar-refractivity contribution in [2.75, 3.05) is 18.0 Å². The Hall–Kier alpha value is -1.84. The summed E-state index contributed by atoms with van der Waals surface area (Å²) in [5.41, 5.74) is 2.14. The Morgan fingerprint density at radius 3 is 2.78 bits per heavy atom. The third-order valence-electron chi connectivity index (χ3n) is 5.22. The van der Waals surface area contributed by atoms with E-state index in [4.69, 9.17) is 0 Å². The molecule has 0 bridgehead atoms. The van der Waals surface area contributed by atoms with Gasteiger partial charge in [-0.05, 0) is 44.2 Å². The molecule has 2 heterocycles. The van der Waals surface area contributed by atoms with E-state index in [9.17, 15) is 9.59 Å². The van der Waals surface area contributed by atoms with Crippen molar-refractivity contribution in [3.8, 4) is 0 Å². The maximum absolute atomic E-state index is 12.8. The van der Waals surface area contributed by atoms with Crippen LogP contribution in [-0.2, 0) is 16.0 Å². The van der Waals surface area contributed by atoms with Crippen LogP contribution in [0, 0.1) is 5.92 Å². The summed E-state index contributed by atoms with van der Waals surface area (Å²) in [6, 6.07) is 8.32. The van der Waals surface area contributed by atoms with Gasteiger partial charge in [0.05, 0.1) is 5.92 Å². The van der Waals surface area contributed by atoms with Gasteiger partial charge in [0.2, 0.25) is 11.8 Å². The van der Waals surface area contributed by atoms with Crippen LogP contribution in [0.4, 0.5) is 5.69 Å². The van der Waals surface area contributed by atoms with E-state index < -0.39 is 0 Å². The molecule has 2 atom stereocenters. The lowest BCUT2D eigenvalue weighted by atomic mass is 9.99. The highest BCUT2D eigenvalue weighted by molar-refractivity contribution is 6.00. The molecule has 0 spiro atoms. The number of hydrogen-bond donors (Lipinski definition) is 0. The number of carbonyl (C=O) groups is 2. The lowest BCUT2D eigenvalue weighted by Gasteiger charge is -2.35. The first kappa shape index (κ1) is 16.0. The zero-order valence-electron chi connectivity index (χ0n) is 14.1. The van der Waals surface area contributed by atoms with Gasteiger partial charge in [-0.3, -0.25) is 9.59 Å². The molecule has 0 aliphatic carbocycles. The molecule has 2 fully saturated rings. The molecule has 2 aliphatic rings. The highest BCUT2D eigenvalue weighted by atomic mass is 16.2. The van der Waals surface area contributed by atoms with E-state index in [1.807, 2.05) is 28.0 Å². The van der Waals surface area contributed by atoms with E-state index in [-0.39, 0.29) is 17.7 Å². The fourth-order valence-electron chi connectivity index (χ4n) is 3.84. The van der Waals surface area contributed by atoms with Crippen LogP contribution in [0.15, 0.2) is 24.3 Å². The zero-order valence-corrected chi connectivity index (χ0v) is 14.1. The summed E-state index contributed by atoms with van der Waals surface area (Å²) < 4.78 is 0. The van der Waals surface area contributed by atoms with Crippen LogP contribution in [0.25, 0.3) is 0 Å². The summed E-state index contributed by atoms with van der Waals surface area (Å²) in [6.07, 6.45) is 4.60. The molecule has 4 nitrogen and oxygen atoms in total. The van der Waals surface area contributed by atoms with E-state index in [1.54, 1.807) is 0 Å². The number of anilines is 1. The standard InChI is InChI=1S/C19H26N2O2/c1-3-15-9-4-5-10-17(15)21-13-16(12-18(21)22)19(23)20-11-7-6-8-14(20)2/h4-5,9-10,14,16H,3,6-8,11-13H2,1-2H3. The molecule has 2 amide bonds. The molecule has 124 valence electrons. The second-order valence-corrected chi connectivity index (χ2v) is 6.76. The van der Waals surface area contributed by atoms with Gasteiger partial charge in [-0.1, -0.05) is 25.1 Å². The molecule has 23 heavy (non-hydrogen) atoms. The van der Waals surface area contributed by atoms with Gasteiger partial charge in [-0.2, -0.15) is 0 Å². The molecular weight excluding hydrogens is 288 g/mol. The molecule has 2 saturated heterocycles. The van der Waals surface area contributed by atoms with Gasteiger partial charge in [-0.15, -0.1) is 0 Å². The monoisotopic (exact) mass is 314 g/mol. The maximum atomic E-state index is 12.8. The number of hydrogen-bond acceptors (Lipinski definition) is 2. The number of carbonyl (C=O) groups excluding carboxylic acids is 2. The summed E-state index contributed by atoms with van der Waals surface area (Å²) >= 11 is 0. The Labute approximate surface area is 138 Å². The average molecular weight is 314 g/mol. The maximum Gasteiger partial charge on any atom is 0.228 e. The summed E-state index contributed by atoms with van der Waals surface area (Å²) in [7, 11) is 0. The number of para-hydroxylation sites is 1. The van der Waals surface area contributed by atoms with Crippen molar-refractivity contribution in [3.05, 3.63) is 29.8 Å². The van der Waals surface area contributed by atoms with Crippen molar-refractivity contribution in [1.82, 2.24) is 4.90 Å². The fourth-order valence-corrected chi connectivity index (χ4v) is 3.84. The minimum Gasteiger partial charge on any atom is -0.340 e. The van der Waals surface area contributed by atoms with E-state index in [1.165, 1.54) is 12.0 Å². The molecule has 4 heteroatoms. The first-order chi connectivity index (χ1) is 11.1. The van der Waals surface area contributed by atoms with Gasteiger partial charge >= 0.3 is 0 Å². The second kappa shape index (κ2) is 6.73. The highest BCUT2D eigenvalue weighted by Gasteiger charge is 2.39. The summed E-state index contributed by atoms with van der Waals surface area (Å²) in [5, 5.41) is 0. The minimum absolute atomic E-state index is 0.0777. The molecule has 3 rings (SSSR count). The van der Waals surface area contributed by atoms with Gasteiger partial charge in [-0.25, -0.2) is 0 Å². The molecule has 0 N–H and O–H groups in total. The van der Waals surface area contributed by atoms with Crippen molar-refractivity contribution >= 4 is 17.5 Å². The predicted octanol–water partition coefficient (Wildman–Crippen LogP) is 3.00. The molecule has 2 aliphatic heterocycles. The first-order valence-corrected chi connectivity index (χ1v) is 8.80. The topological polar surface area (TPSA) is 40.6 Å². The predicted molar refractivity (Wildman–Crippen MR) is 91.3 cm³/mol. The Balaban J connectivity index is 1.75. The third kappa shape index (κ3) is 3.12. The first-order valence-electron chi connectivity index (χ1n) is 8.80. The summed E-state index contributed by atoms with van der Waals surface area (Å²) in [5.74, 6) is 0.0592.